The monoisotopic (exact) mass is 808 g/mol. The highest BCUT2D eigenvalue weighted by Gasteiger charge is 2.26. The fraction of sp³-hybridized carbons (Fsp3) is 0. The van der Waals surface area contributed by atoms with Gasteiger partial charge in [-0.25, -0.2) is 0 Å². The number of hydrogen-bond donors (Lipinski definition) is 0. The number of hydrogen-bond acceptors (Lipinski definition) is 3. The molecule has 4 heteroatoms. The molecule has 0 aliphatic carbocycles. The van der Waals surface area contributed by atoms with Gasteiger partial charge in [0.1, 0.15) is 11.2 Å². The first kappa shape index (κ1) is 34.9. The van der Waals surface area contributed by atoms with Crippen molar-refractivity contribution in [1.29, 1.82) is 0 Å². The lowest BCUT2D eigenvalue weighted by molar-refractivity contribution is 0.670. The largest absolute Gasteiger partial charge is 0.455 e. The van der Waals surface area contributed by atoms with Crippen molar-refractivity contribution in [1.82, 2.24) is 4.57 Å². The maximum Gasteiger partial charge on any atom is 0.145 e. The average Bonchev–Trinajstić information content (AvgIpc) is 4.01. The molecule has 0 amide bonds. The Morgan fingerprint density at radius 2 is 1.03 bits per heavy atom. The van der Waals surface area contributed by atoms with Gasteiger partial charge in [-0.05, 0) is 101 Å². The van der Waals surface area contributed by atoms with E-state index in [-0.39, 0.29) is 0 Å². The molecule has 0 saturated heterocycles. The molecule has 0 saturated carbocycles. The molecule has 0 atom stereocenters. The second kappa shape index (κ2) is 13.8. The van der Waals surface area contributed by atoms with Crippen molar-refractivity contribution in [3.05, 3.63) is 218 Å². The van der Waals surface area contributed by atoms with Crippen molar-refractivity contribution >= 4 is 103 Å². The van der Waals surface area contributed by atoms with Gasteiger partial charge in [0, 0.05) is 58.7 Å². The molecule has 10 aromatic carbocycles. The van der Waals surface area contributed by atoms with Crippen molar-refractivity contribution < 1.29 is 4.42 Å². The maximum absolute atomic E-state index is 7.02. The first-order valence-electron chi connectivity index (χ1n) is 21.1. The van der Waals surface area contributed by atoms with E-state index in [9.17, 15) is 0 Å². The molecule has 0 aliphatic heterocycles. The van der Waals surface area contributed by atoms with Crippen LogP contribution < -0.4 is 4.90 Å². The minimum Gasteiger partial charge on any atom is -0.455 e. The van der Waals surface area contributed by atoms with Gasteiger partial charge in [0.05, 0.1) is 28.0 Å². The average molecular weight is 809 g/mol. The van der Waals surface area contributed by atoms with Gasteiger partial charge in [-0.2, -0.15) is 0 Å². The van der Waals surface area contributed by atoms with Crippen molar-refractivity contribution in [3.63, 3.8) is 0 Å². The molecule has 62 heavy (non-hydrogen) atoms. The third-order valence-electron chi connectivity index (χ3n) is 12.6. The van der Waals surface area contributed by atoms with Crippen molar-refractivity contribution in [2.24, 2.45) is 0 Å². The second-order valence-corrected chi connectivity index (χ2v) is 17.1. The minimum atomic E-state index is 0.857. The summed E-state index contributed by atoms with van der Waals surface area (Å²) < 4.78 is 12.1. The number of rotatable bonds is 6. The first-order chi connectivity index (χ1) is 30.7. The number of para-hydroxylation sites is 4. The van der Waals surface area contributed by atoms with E-state index >= 15 is 0 Å². The summed E-state index contributed by atoms with van der Waals surface area (Å²) in [5, 5.41) is 9.63. The Hall–Kier alpha value is -7.92. The topological polar surface area (TPSA) is 21.3 Å². The fourth-order valence-corrected chi connectivity index (χ4v) is 10.8. The summed E-state index contributed by atoms with van der Waals surface area (Å²) in [6, 6.07) is 79.3. The van der Waals surface area contributed by atoms with Gasteiger partial charge in [-0.3, -0.25) is 0 Å². The van der Waals surface area contributed by atoms with E-state index in [1.54, 1.807) is 0 Å². The van der Waals surface area contributed by atoms with Crippen LogP contribution in [0.1, 0.15) is 0 Å². The van der Waals surface area contributed by atoms with Gasteiger partial charge < -0.3 is 13.9 Å². The van der Waals surface area contributed by atoms with Gasteiger partial charge in [0.2, 0.25) is 0 Å². The molecular weight excluding hydrogens is 773 g/mol. The Bertz CT molecular complexity index is 3830. The number of fused-ring (bicyclic) bond motifs is 10. The molecule has 0 bridgehead atoms. The van der Waals surface area contributed by atoms with Gasteiger partial charge in [0.15, 0.2) is 0 Å². The van der Waals surface area contributed by atoms with Crippen molar-refractivity contribution in [3.8, 4) is 27.9 Å². The molecule has 0 unspecified atom stereocenters. The molecule has 0 fully saturated rings. The molecule has 13 rings (SSSR count). The Morgan fingerprint density at radius 1 is 0.403 bits per heavy atom. The summed E-state index contributed by atoms with van der Waals surface area (Å²) in [5.74, 6) is 0. The Kier molecular flexibility index (Phi) is 7.78. The fourth-order valence-electron chi connectivity index (χ4n) is 9.74. The molecule has 3 nitrogen and oxygen atoms in total. The highest BCUT2D eigenvalue weighted by molar-refractivity contribution is 7.25. The first-order valence-corrected chi connectivity index (χ1v) is 21.9. The van der Waals surface area contributed by atoms with Crippen molar-refractivity contribution in [2.45, 2.75) is 0 Å². The number of nitrogens with zero attached hydrogens (tertiary/aromatic N) is 2. The van der Waals surface area contributed by atoms with Crippen LogP contribution >= 0.6 is 11.3 Å². The summed E-state index contributed by atoms with van der Waals surface area (Å²) >= 11 is 1.85. The van der Waals surface area contributed by atoms with E-state index in [4.69, 9.17) is 4.42 Å². The molecular formula is C58H36N2OS. The van der Waals surface area contributed by atoms with E-state index in [0.29, 0.717) is 0 Å². The zero-order valence-electron chi connectivity index (χ0n) is 33.5. The lowest BCUT2D eigenvalue weighted by Crippen LogP contribution is -2.12. The van der Waals surface area contributed by atoms with Crippen LogP contribution in [0.5, 0.6) is 0 Å². The van der Waals surface area contributed by atoms with Crippen LogP contribution in [0.4, 0.5) is 17.1 Å². The smallest absolute Gasteiger partial charge is 0.145 e. The number of furan rings is 1. The molecule has 290 valence electrons. The highest BCUT2D eigenvalue weighted by atomic mass is 32.1. The zero-order valence-corrected chi connectivity index (χ0v) is 34.3. The third kappa shape index (κ3) is 5.37. The molecule has 0 N–H and O–H groups in total. The third-order valence-corrected chi connectivity index (χ3v) is 13.7. The minimum absolute atomic E-state index is 0.857. The van der Waals surface area contributed by atoms with E-state index in [0.717, 1.165) is 66.8 Å². The lowest BCUT2D eigenvalue weighted by Gasteiger charge is -2.29. The summed E-state index contributed by atoms with van der Waals surface area (Å²) in [6.45, 7) is 0. The molecule has 3 heterocycles. The molecule has 0 aliphatic rings. The summed E-state index contributed by atoms with van der Waals surface area (Å²) in [6.07, 6.45) is 0. The van der Waals surface area contributed by atoms with Gasteiger partial charge in [-0.1, -0.05) is 140 Å². The Balaban J connectivity index is 1.07. The zero-order chi connectivity index (χ0) is 40.7. The van der Waals surface area contributed by atoms with Crippen LogP contribution in [0, 0.1) is 0 Å². The van der Waals surface area contributed by atoms with E-state index in [1.807, 2.05) is 11.3 Å². The predicted octanol–water partition coefficient (Wildman–Crippen LogP) is 17.0. The summed E-state index contributed by atoms with van der Waals surface area (Å²) in [5.41, 5.74) is 12.8. The van der Waals surface area contributed by atoms with E-state index in [2.05, 4.69) is 228 Å². The van der Waals surface area contributed by atoms with Gasteiger partial charge >= 0.3 is 0 Å². The SMILES string of the molecule is c1ccc(-n2c3ccccc3c3ccccc32)c(-c2c(N(c3ccc(-c4ccc5sc6ccccc6c5c4)cc3)c3ccc4ccccc4c3)ccc3c2oc2ccccc23)c1. The van der Waals surface area contributed by atoms with E-state index in [1.165, 1.54) is 52.8 Å². The number of aromatic nitrogens is 1. The summed E-state index contributed by atoms with van der Waals surface area (Å²) in [7, 11) is 0. The Morgan fingerprint density at radius 3 is 1.85 bits per heavy atom. The quantitative estimate of drug-likeness (QED) is 0.167. The summed E-state index contributed by atoms with van der Waals surface area (Å²) in [4.78, 5) is 2.41. The molecule has 0 spiro atoms. The highest BCUT2D eigenvalue weighted by Crippen LogP contribution is 2.49. The number of benzene rings is 10. The molecule has 3 aromatic heterocycles. The van der Waals surface area contributed by atoms with E-state index < -0.39 is 0 Å². The lowest BCUT2D eigenvalue weighted by atomic mass is 9.96. The van der Waals surface area contributed by atoms with Gasteiger partial charge in [0.25, 0.3) is 0 Å². The molecule has 13 aromatic rings. The predicted molar refractivity (Wildman–Crippen MR) is 264 cm³/mol. The normalized spacial score (nSPS) is 11.9. The van der Waals surface area contributed by atoms with Crippen LogP contribution in [0.2, 0.25) is 0 Å². The van der Waals surface area contributed by atoms with Gasteiger partial charge in [-0.15, -0.1) is 11.3 Å². The van der Waals surface area contributed by atoms with Crippen LogP contribution in [0.25, 0.3) is 103 Å². The number of thiophene rings is 1. The van der Waals surface area contributed by atoms with Crippen LogP contribution in [-0.2, 0) is 0 Å². The van der Waals surface area contributed by atoms with Crippen LogP contribution in [-0.4, -0.2) is 4.57 Å². The number of anilines is 3. The second-order valence-electron chi connectivity index (χ2n) is 16.0. The molecule has 0 radical (unpaired) electrons. The van der Waals surface area contributed by atoms with Crippen LogP contribution in [0.3, 0.4) is 0 Å². The van der Waals surface area contributed by atoms with Crippen LogP contribution in [0.15, 0.2) is 223 Å². The standard InChI is InChI=1S/C58H36N2OS/c1-2-14-39-35-42(31-27-37(39)13-1)59(41-29-25-38(26-30-41)40-28-34-56-49(36-40)46-18-7-12-24-55(46)62-56)53-33-32-47-45-17-6-11-23-54(45)61-58(47)57(53)48-19-5-10-22-52(48)60-50-20-8-3-15-43(50)44-16-4-9-21-51(44)60/h1-36H. The Labute approximate surface area is 361 Å². The maximum atomic E-state index is 7.02. The van der Waals surface area contributed by atoms with Crippen molar-refractivity contribution in [2.75, 3.05) is 4.90 Å².